The van der Waals surface area contributed by atoms with E-state index in [0.29, 0.717) is 22.5 Å². The second-order valence-corrected chi connectivity index (χ2v) is 12.4. The zero-order chi connectivity index (χ0) is 33.0. The molecule has 0 radical (unpaired) electrons. The molecular weight excluding hydrogens is 629 g/mol. The third kappa shape index (κ3) is 5.55. The van der Waals surface area contributed by atoms with Crippen molar-refractivity contribution < 1.29 is 58.6 Å². The molecule has 2 aromatic carbocycles. The number of nitrogens with one attached hydrogen (secondary N) is 2. The van der Waals surface area contributed by atoms with E-state index in [1.807, 2.05) is 0 Å². The number of imide groups is 1. The minimum Gasteiger partial charge on any atom is -0.369 e. The number of aliphatic hydroxyl groups is 1. The Morgan fingerprint density at radius 2 is 1.66 bits per heavy atom. The minimum atomic E-state index is -6.18. The fourth-order valence-corrected chi connectivity index (χ4v) is 6.81. The van der Waals surface area contributed by atoms with Crippen molar-refractivity contribution in [1.82, 2.24) is 15.5 Å². The van der Waals surface area contributed by atoms with Gasteiger partial charge in [0.05, 0.1) is 16.6 Å². The number of anilines is 1. The Balaban J connectivity index is 1.71. The van der Waals surface area contributed by atoms with Gasteiger partial charge in [0, 0.05) is 25.6 Å². The van der Waals surface area contributed by atoms with Gasteiger partial charge in [0.15, 0.2) is 0 Å². The van der Waals surface area contributed by atoms with Gasteiger partial charge in [-0.2, -0.15) is 26.3 Å². The summed E-state index contributed by atoms with van der Waals surface area (Å²) >= 11 is 0. The number of nitrogens with zero attached hydrogens (tertiary/aromatic N) is 2. The first kappa shape index (κ1) is 33.0. The van der Waals surface area contributed by atoms with Crippen LogP contribution in [0.25, 0.3) is 0 Å². The number of alkyl halides is 6. The van der Waals surface area contributed by atoms with Crippen molar-refractivity contribution in [2.75, 3.05) is 17.9 Å². The van der Waals surface area contributed by atoms with Crippen LogP contribution in [0.5, 0.6) is 0 Å². The summed E-state index contributed by atoms with van der Waals surface area (Å²) in [6.07, 6.45) is -13.5. The highest BCUT2D eigenvalue weighted by Crippen LogP contribution is 2.51. The maximum absolute atomic E-state index is 13.8. The molecule has 3 N–H and O–H groups in total. The highest BCUT2D eigenvalue weighted by Gasteiger charge is 2.71. The van der Waals surface area contributed by atoms with Gasteiger partial charge >= 0.3 is 18.4 Å². The van der Waals surface area contributed by atoms with E-state index in [-0.39, 0.29) is 30.6 Å². The molecule has 18 heteroatoms. The monoisotopic (exact) mass is 654 g/mol. The number of aryl methyl sites for hydroxylation is 1. The molecule has 2 aliphatic rings. The first-order valence-corrected chi connectivity index (χ1v) is 14.2. The molecule has 2 aromatic rings. The van der Waals surface area contributed by atoms with Crippen LogP contribution in [-0.4, -0.2) is 73.8 Å². The summed E-state index contributed by atoms with van der Waals surface area (Å²) in [7, 11) is -3.48. The van der Waals surface area contributed by atoms with Crippen molar-refractivity contribution in [3.63, 3.8) is 0 Å². The molecule has 10 nitrogen and oxygen atoms in total. The lowest BCUT2D eigenvalue weighted by molar-refractivity contribution is -0.376. The number of benzene rings is 2. The number of hydrogen-bond donors (Lipinski definition) is 3. The highest BCUT2D eigenvalue weighted by atomic mass is 32.2. The van der Waals surface area contributed by atoms with E-state index in [4.69, 9.17) is 0 Å². The average molecular weight is 655 g/mol. The van der Waals surface area contributed by atoms with Crippen molar-refractivity contribution in [2.24, 2.45) is 0 Å². The molecule has 0 bridgehead atoms. The van der Waals surface area contributed by atoms with Crippen molar-refractivity contribution in [3.05, 3.63) is 59.4 Å². The predicted octanol–water partition coefficient (Wildman–Crippen LogP) is 3.09. The van der Waals surface area contributed by atoms with Crippen LogP contribution in [0.15, 0.2) is 47.4 Å². The number of carbonyl (C=O) groups is 3. The minimum absolute atomic E-state index is 0.267. The zero-order valence-corrected chi connectivity index (χ0v) is 23.7. The SMILES string of the molecule is CN1C(=O)NC(C)(CNC(=O)C[C@@H]2CCc3cc(C(O)(C(F)(F)F)C(F)(F)F)ccc3N2S(=O)(=O)c2ccc(F)cc2)C1=O. The molecule has 240 valence electrons. The summed E-state index contributed by atoms with van der Waals surface area (Å²) in [5.41, 5.74) is -9.02. The molecule has 4 rings (SSSR count). The van der Waals surface area contributed by atoms with Gasteiger partial charge in [-0.1, -0.05) is 12.1 Å². The van der Waals surface area contributed by atoms with Gasteiger partial charge in [-0.05, 0) is 55.7 Å². The molecule has 0 spiro atoms. The number of likely N-dealkylation sites (N-methyl/N-ethyl adjacent to an activating group) is 1. The summed E-state index contributed by atoms with van der Waals surface area (Å²) in [5.74, 6) is -2.24. The quantitative estimate of drug-likeness (QED) is 0.310. The fraction of sp³-hybridized carbons (Fsp3) is 0.423. The third-order valence-corrected chi connectivity index (χ3v) is 9.41. The largest absolute Gasteiger partial charge is 0.430 e. The Labute approximate surface area is 245 Å². The second kappa shape index (κ2) is 10.9. The Morgan fingerprint density at radius 1 is 1.07 bits per heavy atom. The van der Waals surface area contributed by atoms with Crippen LogP contribution in [-0.2, 0) is 31.6 Å². The molecule has 44 heavy (non-hydrogen) atoms. The van der Waals surface area contributed by atoms with E-state index >= 15 is 0 Å². The van der Waals surface area contributed by atoms with Crippen LogP contribution >= 0.6 is 0 Å². The molecule has 2 heterocycles. The lowest BCUT2D eigenvalue weighted by atomic mass is 9.87. The van der Waals surface area contributed by atoms with Gasteiger partial charge in [0.2, 0.25) is 5.91 Å². The number of amides is 4. The number of fused-ring (bicyclic) bond motifs is 1. The van der Waals surface area contributed by atoms with Crippen LogP contribution < -0.4 is 14.9 Å². The van der Waals surface area contributed by atoms with Crippen LogP contribution in [0.3, 0.4) is 0 Å². The van der Waals surface area contributed by atoms with E-state index in [1.54, 1.807) is 0 Å². The molecule has 1 unspecified atom stereocenters. The summed E-state index contributed by atoms with van der Waals surface area (Å²) in [6.45, 7) is 0.964. The van der Waals surface area contributed by atoms with Crippen LogP contribution in [0.1, 0.15) is 30.9 Å². The molecule has 0 aliphatic carbocycles. The van der Waals surface area contributed by atoms with Gasteiger partial charge < -0.3 is 15.7 Å². The summed E-state index contributed by atoms with van der Waals surface area (Å²) in [4.78, 5) is 37.5. The van der Waals surface area contributed by atoms with Gasteiger partial charge in [-0.3, -0.25) is 18.8 Å². The predicted molar refractivity (Wildman–Crippen MR) is 138 cm³/mol. The second-order valence-electron chi connectivity index (χ2n) is 10.6. The van der Waals surface area contributed by atoms with Crippen LogP contribution in [0.4, 0.5) is 41.2 Å². The average Bonchev–Trinajstić information content (AvgIpc) is 3.12. The lowest BCUT2D eigenvalue weighted by Gasteiger charge is -2.39. The van der Waals surface area contributed by atoms with Gasteiger partial charge in [0.25, 0.3) is 21.5 Å². The third-order valence-electron chi connectivity index (χ3n) is 7.53. The molecule has 4 amide bonds. The Kier molecular flexibility index (Phi) is 8.17. The molecule has 1 fully saturated rings. The van der Waals surface area contributed by atoms with Crippen molar-refractivity contribution in [3.8, 4) is 0 Å². The maximum atomic E-state index is 13.8. The Morgan fingerprint density at radius 3 is 2.18 bits per heavy atom. The van der Waals surface area contributed by atoms with Crippen molar-refractivity contribution in [1.29, 1.82) is 0 Å². The summed E-state index contributed by atoms with van der Waals surface area (Å²) in [5, 5.41) is 14.7. The van der Waals surface area contributed by atoms with E-state index in [9.17, 15) is 58.6 Å². The summed E-state index contributed by atoms with van der Waals surface area (Å²) < 4.78 is 123. The van der Waals surface area contributed by atoms with E-state index in [2.05, 4.69) is 10.6 Å². The normalized spacial score (nSPS) is 21.3. The molecule has 0 aromatic heterocycles. The highest BCUT2D eigenvalue weighted by molar-refractivity contribution is 7.92. The Hall–Kier alpha value is -3.93. The number of hydrogen-bond acceptors (Lipinski definition) is 6. The van der Waals surface area contributed by atoms with Crippen LogP contribution in [0.2, 0.25) is 0 Å². The Bertz CT molecular complexity index is 1580. The standard InChI is InChI=1S/C26H25F7N4O6S/c1-23(21(39)36(2)22(40)35-23)13-34-20(38)12-17-7-3-14-11-15(24(41,25(28,29)30)26(31,32)33)4-10-19(14)37(17)44(42,43)18-8-5-16(27)6-9-18/h4-6,8-11,17,41H,3,7,12-13H2,1-2H3,(H,34,38)(H,35,40)/t17-,23?/m0/s1. The van der Waals surface area contributed by atoms with Crippen molar-refractivity contribution >= 4 is 33.6 Å². The fourth-order valence-electron chi connectivity index (χ4n) is 5.10. The van der Waals surface area contributed by atoms with Gasteiger partial charge in [-0.15, -0.1) is 0 Å². The maximum Gasteiger partial charge on any atom is 0.430 e. The molecule has 1 saturated heterocycles. The zero-order valence-electron chi connectivity index (χ0n) is 22.9. The van der Waals surface area contributed by atoms with E-state index in [0.717, 1.165) is 29.2 Å². The van der Waals surface area contributed by atoms with Crippen molar-refractivity contribution in [2.45, 2.75) is 60.6 Å². The number of rotatable bonds is 7. The molecule has 2 atom stereocenters. The number of carbonyl (C=O) groups excluding carboxylic acids is 3. The number of halogens is 7. The molecule has 2 aliphatic heterocycles. The lowest BCUT2D eigenvalue weighted by Crippen LogP contribution is -2.54. The summed E-state index contributed by atoms with van der Waals surface area (Å²) in [6, 6.07) is 2.84. The molecular formula is C26H25F7N4O6S. The first-order valence-electron chi connectivity index (χ1n) is 12.8. The molecule has 0 saturated carbocycles. The topological polar surface area (TPSA) is 136 Å². The van der Waals surface area contributed by atoms with E-state index < -0.39 is 80.1 Å². The first-order chi connectivity index (χ1) is 20.1. The number of urea groups is 1. The van der Waals surface area contributed by atoms with Crippen LogP contribution in [0, 0.1) is 5.82 Å². The smallest absolute Gasteiger partial charge is 0.369 e. The van der Waals surface area contributed by atoms with E-state index in [1.165, 1.54) is 14.0 Å². The van der Waals surface area contributed by atoms with Gasteiger partial charge in [0.1, 0.15) is 11.4 Å². The number of sulfonamides is 1. The van der Waals surface area contributed by atoms with Gasteiger partial charge in [-0.25, -0.2) is 17.6 Å².